The Balaban J connectivity index is 1.74. The summed E-state index contributed by atoms with van der Waals surface area (Å²) in [5.41, 5.74) is 13.4. The van der Waals surface area contributed by atoms with Gasteiger partial charge in [0, 0.05) is 68.1 Å². The number of ether oxygens (including phenoxy) is 1. The van der Waals surface area contributed by atoms with Gasteiger partial charge in [-0.15, -0.1) is 0 Å². The number of anilines is 1. The van der Waals surface area contributed by atoms with Crippen LogP contribution in [0.1, 0.15) is 55.8 Å². The number of rotatable bonds is 6. The van der Waals surface area contributed by atoms with Gasteiger partial charge in [-0.25, -0.2) is 9.97 Å². The van der Waals surface area contributed by atoms with Gasteiger partial charge in [0.15, 0.2) is 0 Å². The van der Waals surface area contributed by atoms with Crippen LogP contribution in [-0.2, 0) is 0 Å². The predicted molar refractivity (Wildman–Crippen MR) is 138 cm³/mol. The first-order chi connectivity index (χ1) is 16.3. The summed E-state index contributed by atoms with van der Waals surface area (Å²) in [6.45, 7) is 5.68. The van der Waals surface area contributed by atoms with E-state index in [1.54, 1.807) is 18.3 Å². The van der Waals surface area contributed by atoms with Gasteiger partial charge in [-0.3, -0.25) is 10.4 Å². The molecule has 0 bridgehead atoms. The molecule has 0 amide bonds. The maximum absolute atomic E-state index is 8.22. The molecule has 2 aromatic rings. The number of amidine groups is 1. The predicted octanol–water partition coefficient (Wildman–Crippen LogP) is 3.68. The molecule has 2 heterocycles. The first-order valence-corrected chi connectivity index (χ1v) is 11.9. The lowest BCUT2D eigenvalue weighted by molar-refractivity contribution is 0.394. The number of piperidine rings is 1. The van der Waals surface area contributed by atoms with E-state index >= 15 is 0 Å². The Morgan fingerprint density at radius 2 is 1.91 bits per heavy atom. The number of aliphatic imine (C=N–C) groups is 1. The first kappa shape index (κ1) is 23.7. The molecule has 180 valence electrons. The Hall–Kier alpha value is -3.42. The maximum Gasteiger partial charge on any atom is 0.225 e. The number of nitrogens with zero attached hydrogens (tertiary/aromatic N) is 5. The highest BCUT2D eigenvalue weighted by Gasteiger charge is 2.33. The van der Waals surface area contributed by atoms with Crippen LogP contribution >= 0.6 is 0 Å². The Labute approximate surface area is 202 Å². The second kappa shape index (κ2) is 9.83. The molecule has 34 heavy (non-hydrogen) atoms. The van der Waals surface area contributed by atoms with Gasteiger partial charge in [-0.2, -0.15) is 0 Å². The quantitative estimate of drug-likeness (QED) is 0.502. The maximum atomic E-state index is 8.22. The van der Waals surface area contributed by atoms with Crippen LogP contribution in [0.5, 0.6) is 5.88 Å². The van der Waals surface area contributed by atoms with Crippen molar-refractivity contribution in [2.45, 2.75) is 45.1 Å². The number of methoxy groups -OCH3 is 1. The molecule has 8 nitrogen and oxygen atoms in total. The van der Waals surface area contributed by atoms with Crippen LogP contribution in [0.2, 0.25) is 0 Å². The second-order valence-electron chi connectivity index (χ2n) is 9.44. The van der Waals surface area contributed by atoms with Gasteiger partial charge < -0.3 is 20.3 Å². The average Bonchev–Trinajstić information content (AvgIpc) is 3.68. The fourth-order valence-corrected chi connectivity index (χ4v) is 4.36. The van der Waals surface area contributed by atoms with Gasteiger partial charge in [0.05, 0.1) is 24.1 Å². The molecule has 0 spiro atoms. The van der Waals surface area contributed by atoms with Crippen molar-refractivity contribution in [2.75, 3.05) is 39.2 Å². The normalized spacial score (nSPS) is 18.9. The summed E-state index contributed by atoms with van der Waals surface area (Å²) in [5, 5.41) is 8.22. The van der Waals surface area contributed by atoms with Gasteiger partial charge >= 0.3 is 0 Å². The molecule has 2 aliphatic rings. The summed E-state index contributed by atoms with van der Waals surface area (Å²) in [7, 11) is 5.39. The molecule has 1 saturated carbocycles. The zero-order chi connectivity index (χ0) is 24.4. The number of nitrogens with one attached hydrogen (secondary N) is 1. The SMILES string of the molecule is COc1ncnc(C2CC2)c1/C(N)=C1\CN(c2ccc(C(=N)N(C)C)cc2)CCC1=NC(C)C. The van der Waals surface area contributed by atoms with Crippen molar-refractivity contribution in [2.24, 2.45) is 10.7 Å². The highest BCUT2D eigenvalue weighted by atomic mass is 16.5. The van der Waals surface area contributed by atoms with Crippen molar-refractivity contribution >= 4 is 22.9 Å². The van der Waals surface area contributed by atoms with Gasteiger partial charge in [-0.1, -0.05) is 0 Å². The lowest BCUT2D eigenvalue weighted by Crippen LogP contribution is -2.37. The number of benzene rings is 1. The fraction of sp³-hybridized carbons (Fsp3) is 0.462. The average molecular weight is 462 g/mol. The van der Waals surface area contributed by atoms with Crippen LogP contribution in [0.4, 0.5) is 5.69 Å². The monoisotopic (exact) mass is 461 g/mol. The van der Waals surface area contributed by atoms with Crippen molar-refractivity contribution in [1.29, 1.82) is 5.41 Å². The van der Waals surface area contributed by atoms with Gasteiger partial charge in [0.1, 0.15) is 12.2 Å². The molecule has 4 rings (SSSR count). The number of hydrogen-bond acceptors (Lipinski definition) is 7. The Bertz CT molecular complexity index is 1110. The molecule has 1 aromatic heterocycles. The van der Waals surface area contributed by atoms with Crippen molar-refractivity contribution < 1.29 is 4.74 Å². The molecule has 2 fully saturated rings. The van der Waals surface area contributed by atoms with E-state index in [1.807, 2.05) is 26.2 Å². The molecular formula is C26H35N7O. The zero-order valence-electron chi connectivity index (χ0n) is 20.8. The minimum absolute atomic E-state index is 0.178. The molecule has 1 aliphatic heterocycles. The van der Waals surface area contributed by atoms with E-state index in [1.165, 1.54) is 0 Å². The van der Waals surface area contributed by atoms with E-state index in [0.717, 1.165) is 59.6 Å². The third-order valence-electron chi connectivity index (χ3n) is 6.28. The highest BCUT2D eigenvalue weighted by molar-refractivity contribution is 6.08. The van der Waals surface area contributed by atoms with Crippen molar-refractivity contribution in [3.63, 3.8) is 0 Å². The summed E-state index contributed by atoms with van der Waals surface area (Å²) < 4.78 is 5.62. The van der Waals surface area contributed by atoms with Crippen molar-refractivity contribution in [3.8, 4) is 5.88 Å². The summed E-state index contributed by atoms with van der Waals surface area (Å²) in [5.74, 6) is 1.43. The molecule has 1 aromatic carbocycles. The Morgan fingerprint density at radius 1 is 1.21 bits per heavy atom. The molecule has 0 atom stereocenters. The second-order valence-corrected chi connectivity index (χ2v) is 9.44. The van der Waals surface area contributed by atoms with E-state index < -0.39 is 0 Å². The Morgan fingerprint density at radius 3 is 2.50 bits per heavy atom. The highest BCUT2D eigenvalue weighted by Crippen LogP contribution is 2.44. The third kappa shape index (κ3) is 4.90. The third-order valence-corrected chi connectivity index (χ3v) is 6.28. The lowest BCUT2D eigenvalue weighted by atomic mass is 9.94. The van der Waals surface area contributed by atoms with Crippen LogP contribution in [0.3, 0.4) is 0 Å². The van der Waals surface area contributed by atoms with Crippen LogP contribution in [0.25, 0.3) is 5.70 Å². The summed E-state index contributed by atoms with van der Waals surface area (Å²) in [4.78, 5) is 18.0. The lowest BCUT2D eigenvalue weighted by Gasteiger charge is -2.33. The number of hydrogen-bond donors (Lipinski definition) is 2. The summed E-state index contributed by atoms with van der Waals surface area (Å²) >= 11 is 0. The number of aromatic nitrogens is 2. The summed E-state index contributed by atoms with van der Waals surface area (Å²) in [6, 6.07) is 8.33. The zero-order valence-corrected chi connectivity index (χ0v) is 20.8. The molecule has 1 aliphatic carbocycles. The molecule has 8 heteroatoms. The van der Waals surface area contributed by atoms with E-state index in [9.17, 15) is 0 Å². The minimum atomic E-state index is 0.178. The van der Waals surface area contributed by atoms with E-state index in [-0.39, 0.29) is 6.04 Å². The topological polar surface area (TPSA) is 104 Å². The largest absolute Gasteiger partial charge is 0.480 e. The smallest absolute Gasteiger partial charge is 0.225 e. The van der Waals surface area contributed by atoms with Crippen LogP contribution in [0.15, 0.2) is 41.2 Å². The number of nitrogens with two attached hydrogens (primary N) is 1. The van der Waals surface area contributed by atoms with Crippen LogP contribution in [-0.4, -0.2) is 66.8 Å². The van der Waals surface area contributed by atoms with E-state index in [0.29, 0.717) is 29.9 Å². The molecule has 3 N–H and O–H groups in total. The minimum Gasteiger partial charge on any atom is -0.480 e. The Kier molecular flexibility index (Phi) is 6.86. The molecule has 0 unspecified atom stereocenters. The standard InChI is InChI=1S/C26H35N7O/c1-16(2)31-21-12-13-33(19-10-8-18(9-11-19)25(28)32(3)4)14-20(21)23(27)22-24(17-6-7-17)29-15-30-26(22)34-5/h8-11,15-17,28H,6-7,12-14,27H2,1-5H3/b23-20-,28-25?,31-21?. The van der Waals surface area contributed by atoms with E-state index in [2.05, 4.69) is 40.8 Å². The van der Waals surface area contributed by atoms with Gasteiger partial charge in [0.25, 0.3) is 0 Å². The van der Waals surface area contributed by atoms with Crippen LogP contribution in [0, 0.1) is 5.41 Å². The summed E-state index contributed by atoms with van der Waals surface area (Å²) in [6.07, 6.45) is 4.60. The van der Waals surface area contributed by atoms with E-state index in [4.69, 9.17) is 20.9 Å². The van der Waals surface area contributed by atoms with Crippen LogP contribution < -0.4 is 15.4 Å². The molecule has 1 saturated heterocycles. The molecular weight excluding hydrogens is 426 g/mol. The van der Waals surface area contributed by atoms with Gasteiger partial charge in [-0.05, 0) is 51.0 Å². The van der Waals surface area contributed by atoms with Gasteiger partial charge in [0.2, 0.25) is 5.88 Å². The first-order valence-electron chi connectivity index (χ1n) is 11.9. The van der Waals surface area contributed by atoms with Crippen molar-refractivity contribution in [1.82, 2.24) is 14.9 Å². The fourth-order valence-electron chi connectivity index (χ4n) is 4.36. The molecule has 0 radical (unpaired) electrons. The van der Waals surface area contributed by atoms with Crippen molar-refractivity contribution in [3.05, 3.63) is 53.0 Å².